The number of ether oxygens (including phenoxy) is 1. The lowest BCUT2D eigenvalue weighted by Crippen LogP contribution is -2.39. The highest BCUT2D eigenvalue weighted by Gasteiger charge is 2.26. The van der Waals surface area contributed by atoms with Gasteiger partial charge in [-0.25, -0.2) is 4.98 Å². The van der Waals surface area contributed by atoms with Gasteiger partial charge < -0.3 is 9.64 Å². The van der Waals surface area contributed by atoms with E-state index >= 15 is 0 Å². The molecule has 5 nitrogen and oxygen atoms in total. The Balaban J connectivity index is 1.55. The standard InChI is InChI=1S/C20H27N3O2S/c1-4-25-18-7-5-15(6-8-18)19-21-17(14-26-19)13-23-11-9-16(10-12-23)20(24)22(2)3/h5-8,14,16H,4,9-13H2,1-3H3. The molecule has 0 N–H and O–H groups in total. The van der Waals surface area contributed by atoms with Crippen molar-refractivity contribution in [3.8, 4) is 16.3 Å². The van der Waals surface area contributed by atoms with E-state index in [-0.39, 0.29) is 11.8 Å². The van der Waals surface area contributed by atoms with Gasteiger partial charge >= 0.3 is 0 Å². The number of amides is 1. The second-order valence-corrected chi connectivity index (χ2v) is 7.74. The van der Waals surface area contributed by atoms with Gasteiger partial charge in [0.25, 0.3) is 0 Å². The van der Waals surface area contributed by atoms with Gasteiger partial charge in [0.2, 0.25) is 5.91 Å². The quantitative estimate of drug-likeness (QED) is 0.777. The van der Waals surface area contributed by atoms with Crippen LogP contribution in [-0.2, 0) is 11.3 Å². The number of thiazole rings is 1. The predicted octanol–water partition coefficient (Wildman–Crippen LogP) is 3.51. The number of hydrogen-bond acceptors (Lipinski definition) is 5. The van der Waals surface area contributed by atoms with Gasteiger partial charge in [0.05, 0.1) is 12.3 Å². The van der Waals surface area contributed by atoms with E-state index in [4.69, 9.17) is 9.72 Å². The molecule has 1 aliphatic heterocycles. The van der Waals surface area contributed by atoms with E-state index < -0.39 is 0 Å². The number of aromatic nitrogens is 1. The van der Waals surface area contributed by atoms with Gasteiger partial charge in [0.1, 0.15) is 10.8 Å². The van der Waals surface area contributed by atoms with Crippen LogP contribution in [0.1, 0.15) is 25.5 Å². The molecule has 2 heterocycles. The molecule has 1 aromatic heterocycles. The maximum atomic E-state index is 12.1. The average Bonchev–Trinajstić information content (AvgIpc) is 3.11. The minimum atomic E-state index is 0.177. The lowest BCUT2D eigenvalue weighted by atomic mass is 9.95. The van der Waals surface area contributed by atoms with Crippen LogP contribution < -0.4 is 4.74 Å². The number of carbonyl (C=O) groups excluding carboxylic acids is 1. The van der Waals surface area contributed by atoms with Crippen molar-refractivity contribution in [2.75, 3.05) is 33.8 Å². The van der Waals surface area contributed by atoms with Crippen molar-refractivity contribution >= 4 is 17.2 Å². The van der Waals surface area contributed by atoms with Gasteiger partial charge in [0, 0.05) is 37.5 Å². The fourth-order valence-electron chi connectivity index (χ4n) is 3.30. The number of carbonyl (C=O) groups is 1. The topological polar surface area (TPSA) is 45.7 Å². The summed E-state index contributed by atoms with van der Waals surface area (Å²) in [5.74, 6) is 1.33. The summed E-state index contributed by atoms with van der Waals surface area (Å²) in [6, 6.07) is 8.11. The van der Waals surface area contributed by atoms with Crippen LogP contribution in [0.15, 0.2) is 29.6 Å². The molecule has 140 valence electrons. The van der Waals surface area contributed by atoms with E-state index in [1.54, 1.807) is 16.2 Å². The number of likely N-dealkylation sites (tertiary alicyclic amines) is 1. The Morgan fingerprint density at radius 3 is 2.58 bits per heavy atom. The number of rotatable bonds is 6. The van der Waals surface area contributed by atoms with E-state index in [9.17, 15) is 4.79 Å². The molecule has 1 aromatic carbocycles. The van der Waals surface area contributed by atoms with E-state index in [0.29, 0.717) is 6.61 Å². The van der Waals surface area contributed by atoms with Gasteiger partial charge in [0.15, 0.2) is 0 Å². The average molecular weight is 374 g/mol. The van der Waals surface area contributed by atoms with Crippen LogP contribution in [0.3, 0.4) is 0 Å². The molecule has 1 fully saturated rings. The molecule has 0 atom stereocenters. The van der Waals surface area contributed by atoms with E-state index in [1.807, 2.05) is 33.2 Å². The summed E-state index contributed by atoms with van der Waals surface area (Å²) in [6.07, 6.45) is 1.87. The van der Waals surface area contributed by atoms with Crippen LogP contribution in [0.5, 0.6) is 5.75 Å². The zero-order valence-corrected chi connectivity index (χ0v) is 16.6. The zero-order valence-electron chi connectivity index (χ0n) is 15.8. The van der Waals surface area contributed by atoms with Gasteiger partial charge in [-0.05, 0) is 57.1 Å². The monoisotopic (exact) mass is 373 g/mol. The highest BCUT2D eigenvalue weighted by atomic mass is 32.1. The Bertz CT molecular complexity index is 719. The van der Waals surface area contributed by atoms with E-state index in [2.05, 4.69) is 22.4 Å². The summed E-state index contributed by atoms with van der Waals surface area (Å²) in [5.41, 5.74) is 2.23. The summed E-state index contributed by atoms with van der Waals surface area (Å²) in [4.78, 5) is 21.0. The third-order valence-electron chi connectivity index (χ3n) is 4.73. The molecule has 2 aromatic rings. The second-order valence-electron chi connectivity index (χ2n) is 6.88. The molecule has 0 unspecified atom stereocenters. The third kappa shape index (κ3) is 4.62. The summed E-state index contributed by atoms with van der Waals surface area (Å²) in [6.45, 7) is 5.44. The molecule has 0 radical (unpaired) electrons. The van der Waals surface area contributed by atoms with Crippen molar-refractivity contribution in [2.24, 2.45) is 5.92 Å². The fourth-order valence-corrected chi connectivity index (χ4v) is 4.12. The Labute approximate surface area is 159 Å². The molecule has 1 amide bonds. The molecule has 6 heteroatoms. The first kappa shape index (κ1) is 18.9. The van der Waals surface area contributed by atoms with Crippen molar-refractivity contribution in [1.29, 1.82) is 0 Å². The van der Waals surface area contributed by atoms with Crippen LogP contribution in [0.2, 0.25) is 0 Å². The third-order valence-corrected chi connectivity index (χ3v) is 5.67. The fraction of sp³-hybridized carbons (Fsp3) is 0.500. The molecule has 1 aliphatic rings. The summed E-state index contributed by atoms with van der Waals surface area (Å²) < 4.78 is 5.49. The molecule has 26 heavy (non-hydrogen) atoms. The minimum absolute atomic E-state index is 0.177. The van der Waals surface area contributed by atoms with Crippen LogP contribution in [0.25, 0.3) is 10.6 Å². The normalized spacial score (nSPS) is 15.8. The summed E-state index contributed by atoms with van der Waals surface area (Å²) in [5, 5.41) is 3.18. The van der Waals surface area contributed by atoms with Gasteiger partial charge in [-0.15, -0.1) is 11.3 Å². The van der Waals surface area contributed by atoms with Crippen LogP contribution >= 0.6 is 11.3 Å². The second kappa shape index (κ2) is 8.64. The maximum Gasteiger partial charge on any atom is 0.225 e. The van der Waals surface area contributed by atoms with Crippen molar-refractivity contribution in [3.63, 3.8) is 0 Å². The largest absolute Gasteiger partial charge is 0.494 e. The van der Waals surface area contributed by atoms with Crippen LogP contribution in [0, 0.1) is 5.92 Å². The summed E-state index contributed by atoms with van der Waals surface area (Å²) >= 11 is 1.68. The first-order valence-corrected chi connectivity index (χ1v) is 10.1. The molecule has 0 aliphatic carbocycles. The predicted molar refractivity (Wildman–Crippen MR) is 105 cm³/mol. The van der Waals surface area contributed by atoms with Gasteiger partial charge in [-0.2, -0.15) is 0 Å². The molecular weight excluding hydrogens is 346 g/mol. The van der Waals surface area contributed by atoms with E-state index in [0.717, 1.165) is 54.5 Å². The van der Waals surface area contributed by atoms with Crippen LogP contribution in [0.4, 0.5) is 0 Å². The lowest BCUT2D eigenvalue weighted by Gasteiger charge is -2.31. The molecule has 0 spiro atoms. The molecule has 0 bridgehead atoms. The minimum Gasteiger partial charge on any atom is -0.494 e. The Morgan fingerprint density at radius 2 is 1.96 bits per heavy atom. The van der Waals surface area contributed by atoms with E-state index in [1.165, 1.54) is 0 Å². The first-order chi connectivity index (χ1) is 12.6. The Kier molecular flexibility index (Phi) is 6.27. The van der Waals surface area contributed by atoms with Gasteiger partial charge in [-0.3, -0.25) is 9.69 Å². The maximum absolute atomic E-state index is 12.1. The van der Waals surface area contributed by atoms with Gasteiger partial charge in [-0.1, -0.05) is 0 Å². The highest BCUT2D eigenvalue weighted by Crippen LogP contribution is 2.27. The van der Waals surface area contributed by atoms with Crippen molar-refractivity contribution < 1.29 is 9.53 Å². The number of nitrogens with zero attached hydrogens (tertiary/aromatic N) is 3. The molecule has 3 rings (SSSR count). The zero-order chi connectivity index (χ0) is 18.5. The van der Waals surface area contributed by atoms with Crippen LogP contribution in [-0.4, -0.2) is 54.5 Å². The number of piperidine rings is 1. The van der Waals surface area contributed by atoms with Crippen molar-refractivity contribution in [2.45, 2.75) is 26.3 Å². The SMILES string of the molecule is CCOc1ccc(-c2nc(CN3CCC(C(=O)N(C)C)CC3)cs2)cc1. The summed E-state index contributed by atoms with van der Waals surface area (Å²) in [7, 11) is 3.68. The number of benzene rings is 1. The first-order valence-electron chi connectivity index (χ1n) is 9.18. The number of hydrogen-bond donors (Lipinski definition) is 0. The smallest absolute Gasteiger partial charge is 0.225 e. The lowest BCUT2D eigenvalue weighted by molar-refractivity contribution is -0.134. The van der Waals surface area contributed by atoms with Crippen molar-refractivity contribution in [1.82, 2.24) is 14.8 Å². The Morgan fingerprint density at radius 1 is 1.27 bits per heavy atom. The molecular formula is C20H27N3O2S. The highest BCUT2D eigenvalue weighted by molar-refractivity contribution is 7.13. The molecule has 1 saturated heterocycles. The van der Waals surface area contributed by atoms with Crippen molar-refractivity contribution in [3.05, 3.63) is 35.3 Å². The Hall–Kier alpha value is -1.92. The molecule has 0 saturated carbocycles.